The molecule has 4 rings (SSSR count). The maximum Gasteiger partial charge on any atom is 0.244 e. The van der Waals surface area contributed by atoms with Crippen molar-refractivity contribution in [3.63, 3.8) is 0 Å². The zero-order chi connectivity index (χ0) is 17.1. The number of nitrogens with one attached hydrogen (secondary N) is 1. The summed E-state index contributed by atoms with van der Waals surface area (Å²) >= 11 is 0. The highest BCUT2D eigenvalue weighted by Crippen LogP contribution is 2.34. The monoisotopic (exact) mass is 343 g/mol. The molecule has 3 aliphatic rings. The highest BCUT2D eigenvalue weighted by Gasteiger charge is 2.39. The third-order valence-corrected chi connectivity index (χ3v) is 5.38. The maximum absolute atomic E-state index is 12.3. The van der Waals surface area contributed by atoms with Crippen LogP contribution >= 0.6 is 0 Å². The van der Waals surface area contributed by atoms with Gasteiger partial charge in [-0.05, 0) is 55.0 Å². The van der Waals surface area contributed by atoms with Crippen LogP contribution in [-0.2, 0) is 20.7 Å². The normalized spacial score (nSPS) is 24.9. The van der Waals surface area contributed by atoms with Crippen molar-refractivity contribution in [1.82, 2.24) is 5.32 Å². The summed E-state index contributed by atoms with van der Waals surface area (Å²) < 4.78 is 17.0. The van der Waals surface area contributed by atoms with Gasteiger partial charge in [0.1, 0.15) is 5.75 Å². The molecule has 0 bridgehead atoms. The van der Waals surface area contributed by atoms with Gasteiger partial charge in [-0.15, -0.1) is 0 Å². The smallest absolute Gasteiger partial charge is 0.244 e. The van der Waals surface area contributed by atoms with E-state index in [2.05, 4.69) is 11.4 Å². The average molecular weight is 343 g/mol. The number of amides is 1. The van der Waals surface area contributed by atoms with Crippen molar-refractivity contribution in [1.29, 1.82) is 0 Å². The lowest BCUT2D eigenvalue weighted by atomic mass is 9.84. The van der Waals surface area contributed by atoms with Crippen LogP contribution in [-0.4, -0.2) is 44.0 Å². The zero-order valence-corrected chi connectivity index (χ0v) is 14.5. The van der Waals surface area contributed by atoms with Crippen LogP contribution in [0.25, 0.3) is 6.08 Å². The highest BCUT2D eigenvalue weighted by atomic mass is 16.5. The molecule has 3 heterocycles. The van der Waals surface area contributed by atoms with Crippen molar-refractivity contribution < 1.29 is 19.0 Å². The van der Waals surface area contributed by atoms with Crippen LogP contribution in [0.3, 0.4) is 0 Å². The fraction of sp³-hybridized carbons (Fsp3) is 0.550. The zero-order valence-electron chi connectivity index (χ0n) is 14.5. The minimum Gasteiger partial charge on any atom is -0.493 e. The van der Waals surface area contributed by atoms with E-state index in [1.165, 1.54) is 5.56 Å². The van der Waals surface area contributed by atoms with Crippen LogP contribution in [0.4, 0.5) is 0 Å². The van der Waals surface area contributed by atoms with Crippen LogP contribution in [0.1, 0.15) is 36.8 Å². The molecular weight excluding hydrogens is 318 g/mol. The number of rotatable bonds is 3. The first-order valence-corrected chi connectivity index (χ1v) is 9.19. The van der Waals surface area contributed by atoms with E-state index < -0.39 is 0 Å². The van der Waals surface area contributed by atoms with Crippen molar-refractivity contribution in [3.05, 3.63) is 35.4 Å². The summed E-state index contributed by atoms with van der Waals surface area (Å²) in [5, 5.41) is 3.14. The number of ether oxygens (including phenoxy) is 3. The summed E-state index contributed by atoms with van der Waals surface area (Å²) in [6.45, 7) is 2.96. The van der Waals surface area contributed by atoms with Gasteiger partial charge in [0.25, 0.3) is 0 Å². The maximum atomic E-state index is 12.3. The minimum atomic E-state index is -0.0991. The summed E-state index contributed by atoms with van der Waals surface area (Å²) in [7, 11) is 0. The van der Waals surface area contributed by atoms with E-state index in [1.54, 1.807) is 6.08 Å². The first-order chi connectivity index (χ1) is 12.2. The van der Waals surface area contributed by atoms with Gasteiger partial charge in [0.05, 0.1) is 12.2 Å². The molecule has 0 aromatic heterocycles. The number of carbonyl (C=O) groups excluding carboxylic acids is 1. The van der Waals surface area contributed by atoms with E-state index in [1.807, 2.05) is 18.2 Å². The lowest BCUT2D eigenvalue weighted by Gasteiger charge is -2.43. The standard InChI is InChI=1S/C20H25NO4/c22-19(4-2-15-1-3-18-16(13-15)5-9-24-18)21-17-6-10-25-20(14-17)7-11-23-12-8-20/h1-4,13,17H,5-12,14H2,(H,21,22). The van der Waals surface area contributed by atoms with Gasteiger partial charge >= 0.3 is 0 Å². The number of hydrogen-bond donors (Lipinski definition) is 1. The van der Waals surface area contributed by atoms with Gasteiger partial charge < -0.3 is 19.5 Å². The molecule has 0 aliphatic carbocycles. The van der Waals surface area contributed by atoms with Crippen molar-refractivity contribution in [2.75, 3.05) is 26.4 Å². The van der Waals surface area contributed by atoms with Gasteiger partial charge in [0, 0.05) is 38.4 Å². The van der Waals surface area contributed by atoms with Gasteiger partial charge in [-0.25, -0.2) is 0 Å². The largest absolute Gasteiger partial charge is 0.493 e. The van der Waals surface area contributed by atoms with E-state index in [0.717, 1.165) is 63.2 Å². The summed E-state index contributed by atoms with van der Waals surface area (Å²) in [4.78, 5) is 12.3. The molecular formula is C20H25NO4. The number of benzene rings is 1. The second-order valence-electron chi connectivity index (χ2n) is 7.14. The second kappa shape index (κ2) is 7.18. The number of hydrogen-bond acceptors (Lipinski definition) is 4. The molecule has 3 aliphatic heterocycles. The van der Waals surface area contributed by atoms with Crippen LogP contribution < -0.4 is 10.1 Å². The molecule has 1 aromatic carbocycles. The first-order valence-electron chi connectivity index (χ1n) is 9.19. The fourth-order valence-electron chi connectivity index (χ4n) is 3.97. The molecule has 5 nitrogen and oxygen atoms in total. The fourth-order valence-corrected chi connectivity index (χ4v) is 3.97. The predicted molar refractivity (Wildman–Crippen MR) is 94.6 cm³/mol. The third kappa shape index (κ3) is 3.88. The predicted octanol–water partition coefficient (Wildman–Crippen LogP) is 2.48. The van der Waals surface area contributed by atoms with Gasteiger partial charge in [0.2, 0.25) is 5.91 Å². The highest BCUT2D eigenvalue weighted by molar-refractivity contribution is 5.92. The Labute approximate surface area is 148 Å². The van der Waals surface area contributed by atoms with E-state index in [0.29, 0.717) is 6.61 Å². The quantitative estimate of drug-likeness (QED) is 0.857. The molecule has 0 saturated carbocycles. The van der Waals surface area contributed by atoms with Gasteiger partial charge in [-0.3, -0.25) is 4.79 Å². The van der Waals surface area contributed by atoms with E-state index in [9.17, 15) is 4.79 Å². The average Bonchev–Trinajstić information content (AvgIpc) is 3.08. The second-order valence-corrected chi connectivity index (χ2v) is 7.14. The SMILES string of the molecule is O=C(C=Cc1ccc2c(c1)CCO2)NC1CCOC2(CCOCC2)C1. The van der Waals surface area contributed by atoms with E-state index in [-0.39, 0.29) is 17.6 Å². The Bertz CT molecular complexity index is 658. The first kappa shape index (κ1) is 16.6. The molecule has 1 unspecified atom stereocenters. The lowest BCUT2D eigenvalue weighted by molar-refractivity contribution is -0.142. The number of carbonyl (C=O) groups is 1. The Morgan fingerprint density at radius 1 is 1.20 bits per heavy atom. The Kier molecular flexibility index (Phi) is 4.77. The molecule has 1 atom stereocenters. The summed E-state index contributed by atoms with van der Waals surface area (Å²) in [5.41, 5.74) is 2.15. The van der Waals surface area contributed by atoms with Gasteiger partial charge in [0.15, 0.2) is 0 Å². The van der Waals surface area contributed by atoms with Crippen molar-refractivity contribution in [3.8, 4) is 5.75 Å². The van der Waals surface area contributed by atoms with Crippen molar-refractivity contribution in [2.45, 2.75) is 43.7 Å². The Hall–Kier alpha value is -1.85. The summed E-state index contributed by atoms with van der Waals surface area (Å²) in [6.07, 6.45) is 8.04. The van der Waals surface area contributed by atoms with Crippen LogP contribution in [0.5, 0.6) is 5.75 Å². The Balaban J connectivity index is 1.34. The van der Waals surface area contributed by atoms with Crippen LogP contribution in [0.15, 0.2) is 24.3 Å². The third-order valence-electron chi connectivity index (χ3n) is 5.38. The molecule has 5 heteroatoms. The summed E-state index contributed by atoms with van der Waals surface area (Å²) in [6, 6.07) is 6.24. The molecule has 134 valence electrons. The Morgan fingerprint density at radius 3 is 2.96 bits per heavy atom. The topological polar surface area (TPSA) is 56.8 Å². The molecule has 1 aromatic rings. The molecule has 1 N–H and O–H groups in total. The van der Waals surface area contributed by atoms with E-state index in [4.69, 9.17) is 14.2 Å². The van der Waals surface area contributed by atoms with Crippen LogP contribution in [0.2, 0.25) is 0 Å². The van der Waals surface area contributed by atoms with E-state index >= 15 is 0 Å². The molecule has 25 heavy (non-hydrogen) atoms. The molecule has 2 fully saturated rings. The minimum absolute atomic E-state index is 0.0362. The Morgan fingerprint density at radius 2 is 2.08 bits per heavy atom. The summed E-state index contributed by atoms with van der Waals surface area (Å²) in [5.74, 6) is 0.927. The van der Waals surface area contributed by atoms with Gasteiger partial charge in [-0.2, -0.15) is 0 Å². The molecule has 2 saturated heterocycles. The van der Waals surface area contributed by atoms with Crippen molar-refractivity contribution in [2.24, 2.45) is 0 Å². The van der Waals surface area contributed by atoms with Crippen LogP contribution in [0, 0.1) is 0 Å². The number of fused-ring (bicyclic) bond motifs is 1. The molecule has 1 spiro atoms. The van der Waals surface area contributed by atoms with Crippen molar-refractivity contribution >= 4 is 12.0 Å². The molecule has 0 radical (unpaired) electrons. The van der Waals surface area contributed by atoms with Gasteiger partial charge in [-0.1, -0.05) is 6.07 Å². The lowest BCUT2D eigenvalue weighted by Crippen LogP contribution is -2.50. The molecule has 1 amide bonds.